The molecule has 3 aromatic carbocycles. The van der Waals surface area contributed by atoms with E-state index >= 15 is 0 Å². The predicted molar refractivity (Wildman–Crippen MR) is 152 cm³/mol. The van der Waals surface area contributed by atoms with Crippen molar-refractivity contribution in [1.29, 1.82) is 0 Å². The molecule has 0 fully saturated rings. The molecule has 33 heavy (non-hydrogen) atoms. The van der Waals surface area contributed by atoms with Crippen molar-refractivity contribution in [3.8, 4) is 11.5 Å². The Hall–Kier alpha value is -2.19. The van der Waals surface area contributed by atoms with Crippen molar-refractivity contribution in [1.82, 2.24) is 4.90 Å². The molecule has 4 nitrogen and oxygen atoms in total. The van der Waals surface area contributed by atoms with Crippen LogP contribution in [0.1, 0.15) is 29.2 Å². The third-order valence-electron chi connectivity index (χ3n) is 5.43. The number of aryl methyl sites for hydroxylation is 2. The van der Waals surface area contributed by atoms with Gasteiger partial charge in [0, 0.05) is 13.1 Å². The molecule has 3 aromatic rings. The molecule has 0 aliphatic heterocycles. The van der Waals surface area contributed by atoms with Crippen LogP contribution in [0.4, 0.5) is 5.69 Å². The van der Waals surface area contributed by atoms with Gasteiger partial charge in [-0.2, -0.15) is 0 Å². The molecule has 0 aliphatic carbocycles. The quantitative estimate of drug-likeness (QED) is 0.161. The number of aliphatic imine (C=N–C) groups is 1. The number of para-hydroxylation sites is 1. The van der Waals surface area contributed by atoms with Crippen molar-refractivity contribution in [3.63, 3.8) is 0 Å². The lowest BCUT2D eigenvalue weighted by Gasteiger charge is -2.26. The number of ether oxygens (including phenoxy) is 2. The molecule has 0 heterocycles. The van der Waals surface area contributed by atoms with E-state index in [9.17, 15) is 0 Å². The van der Waals surface area contributed by atoms with Gasteiger partial charge in [-0.3, -0.25) is 0 Å². The van der Waals surface area contributed by atoms with Crippen LogP contribution in [0, 0.1) is 6.92 Å². The van der Waals surface area contributed by atoms with E-state index in [-0.39, 0.29) is 24.0 Å². The van der Waals surface area contributed by atoms with Crippen LogP contribution in [0.25, 0.3) is 0 Å². The number of thioether (sulfide) groups is 1. The second kappa shape index (κ2) is 13.5. The monoisotopic (exact) mass is 576 g/mol. The van der Waals surface area contributed by atoms with Gasteiger partial charge in [0.1, 0.15) is 11.5 Å². The highest BCUT2D eigenvalue weighted by Gasteiger charge is 2.15. The summed E-state index contributed by atoms with van der Waals surface area (Å²) in [6, 6.07) is 22.9. The Morgan fingerprint density at radius 1 is 0.848 bits per heavy atom. The summed E-state index contributed by atoms with van der Waals surface area (Å²) in [5.41, 5.74) is 5.96. The zero-order valence-electron chi connectivity index (χ0n) is 20.0. The first-order chi connectivity index (χ1) is 15.6. The van der Waals surface area contributed by atoms with Crippen molar-refractivity contribution in [2.45, 2.75) is 33.4 Å². The van der Waals surface area contributed by atoms with Crippen LogP contribution >= 0.6 is 35.7 Å². The number of rotatable bonds is 8. The smallest absolute Gasteiger partial charge is 0.164 e. The highest BCUT2D eigenvalue weighted by atomic mass is 127. The minimum Gasteiger partial charge on any atom is -0.497 e. The maximum Gasteiger partial charge on any atom is 0.164 e. The van der Waals surface area contributed by atoms with Gasteiger partial charge < -0.3 is 14.4 Å². The van der Waals surface area contributed by atoms with E-state index in [0.717, 1.165) is 41.9 Å². The lowest BCUT2D eigenvalue weighted by atomic mass is 10.1. The molecule has 0 aliphatic rings. The Bertz CT molecular complexity index is 987. The van der Waals surface area contributed by atoms with Crippen molar-refractivity contribution >= 4 is 46.6 Å². The average molecular weight is 577 g/mol. The van der Waals surface area contributed by atoms with Gasteiger partial charge in [0.15, 0.2) is 5.17 Å². The molecule has 0 unspecified atom stereocenters. The second-order valence-corrected chi connectivity index (χ2v) is 8.36. The van der Waals surface area contributed by atoms with E-state index < -0.39 is 0 Å². The summed E-state index contributed by atoms with van der Waals surface area (Å²) in [7, 11) is 3.38. The Morgan fingerprint density at radius 2 is 1.36 bits per heavy atom. The maximum absolute atomic E-state index is 5.32. The van der Waals surface area contributed by atoms with Crippen molar-refractivity contribution in [3.05, 3.63) is 89.0 Å². The van der Waals surface area contributed by atoms with Gasteiger partial charge in [0.05, 0.1) is 19.9 Å². The van der Waals surface area contributed by atoms with Crippen LogP contribution in [0.2, 0.25) is 0 Å². The summed E-state index contributed by atoms with van der Waals surface area (Å²) in [4.78, 5) is 7.50. The molecule has 0 saturated heterocycles. The van der Waals surface area contributed by atoms with Gasteiger partial charge in [0.25, 0.3) is 0 Å². The highest BCUT2D eigenvalue weighted by Crippen LogP contribution is 2.28. The lowest BCUT2D eigenvalue weighted by Crippen LogP contribution is -2.28. The molecule has 0 spiro atoms. The van der Waals surface area contributed by atoms with Crippen LogP contribution < -0.4 is 9.47 Å². The fourth-order valence-electron chi connectivity index (χ4n) is 3.60. The van der Waals surface area contributed by atoms with Crippen molar-refractivity contribution in [2.75, 3.05) is 20.5 Å². The zero-order valence-corrected chi connectivity index (χ0v) is 23.1. The fourth-order valence-corrected chi connectivity index (χ4v) is 4.17. The van der Waals surface area contributed by atoms with E-state index in [1.165, 1.54) is 22.3 Å². The molecule has 0 N–H and O–H groups in total. The second-order valence-electron chi connectivity index (χ2n) is 7.59. The van der Waals surface area contributed by atoms with Crippen LogP contribution in [0.5, 0.6) is 11.5 Å². The first-order valence-corrected chi connectivity index (χ1v) is 12.0. The van der Waals surface area contributed by atoms with Crippen LogP contribution in [0.15, 0.2) is 71.7 Å². The topological polar surface area (TPSA) is 34.1 Å². The standard InChI is InChI=1S/C27H32N2O2S.HI/c1-6-23-9-7-8-20(2)26(23)28-27(32-5)29(18-21-10-14-24(30-3)15-11-21)19-22-12-16-25(31-4)17-13-22;/h7-17H,6,18-19H2,1-5H3;1H. The first-order valence-electron chi connectivity index (χ1n) is 10.8. The number of hydrogen-bond acceptors (Lipinski definition) is 4. The normalized spacial score (nSPS) is 11.0. The molecule has 6 heteroatoms. The van der Waals surface area contributed by atoms with E-state index in [1.54, 1.807) is 26.0 Å². The average Bonchev–Trinajstić information content (AvgIpc) is 2.83. The summed E-state index contributed by atoms with van der Waals surface area (Å²) in [6.07, 6.45) is 3.05. The number of amidine groups is 1. The van der Waals surface area contributed by atoms with Gasteiger partial charge >= 0.3 is 0 Å². The molecular weight excluding hydrogens is 543 g/mol. The van der Waals surface area contributed by atoms with Crippen LogP contribution in [0.3, 0.4) is 0 Å². The lowest BCUT2D eigenvalue weighted by molar-refractivity contribution is 0.405. The van der Waals surface area contributed by atoms with E-state index in [1.807, 2.05) is 24.3 Å². The summed E-state index contributed by atoms with van der Waals surface area (Å²) in [5.74, 6) is 1.73. The number of benzene rings is 3. The molecule has 3 rings (SSSR count). The third kappa shape index (κ3) is 7.40. The molecule has 0 atom stereocenters. The predicted octanol–water partition coefficient (Wildman–Crippen LogP) is 7.25. The van der Waals surface area contributed by atoms with Crippen molar-refractivity contribution < 1.29 is 9.47 Å². The van der Waals surface area contributed by atoms with Crippen LogP contribution in [-0.2, 0) is 19.5 Å². The maximum atomic E-state index is 5.32. The van der Waals surface area contributed by atoms with E-state index in [2.05, 4.69) is 67.5 Å². The fraction of sp³-hybridized carbons (Fsp3) is 0.296. The highest BCUT2D eigenvalue weighted by molar-refractivity contribution is 14.0. The number of methoxy groups -OCH3 is 2. The molecule has 0 saturated carbocycles. The van der Waals surface area contributed by atoms with E-state index in [0.29, 0.717) is 0 Å². The molecule has 0 bridgehead atoms. The molecular formula is C27H33IN2O2S. The Labute approximate surface area is 219 Å². The van der Waals surface area contributed by atoms with Gasteiger partial charge in [-0.05, 0) is 66.1 Å². The zero-order chi connectivity index (χ0) is 22.9. The molecule has 0 radical (unpaired) electrons. The molecule has 0 amide bonds. The third-order valence-corrected chi connectivity index (χ3v) is 6.14. The molecule has 0 aromatic heterocycles. The van der Waals surface area contributed by atoms with Gasteiger partial charge in [-0.1, -0.05) is 61.2 Å². The number of hydrogen-bond donors (Lipinski definition) is 0. The SMILES string of the molecule is CCc1cccc(C)c1N=C(SC)N(Cc1ccc(OC)cc1)Cc1ccc(OC)cc1.I. The van der Waals surface area contributed by atoms with Gasteiger partial charge in [0.2, 0.25) is 0 Å². The Kier molecular flexibility index (Phi) is 11.1. The van der Waals surface area contributed by atoms with Gasteiger partial charge in [-0.25, -0.2) is 4.99 Å². The number of halogens is 1. The first kappa shape index (κ1) is 27.1. The Balaban J connectivity index is 0.00000385. The minimum absolute atomic E-state index is 0. The minimum atomic E-state index is 0. The molecule has 176 valence electrons. The summed E-state index contributed by atoms with van der Waals surface area (Å²) in [6.45, 7) is 5.82. The van der Waals surface area contributed by atoms with Gasteiger partial charge in [-0.15, -0.1) is 24.0 Å². The summed E-state index contributed by atoms with van der Waals surface area (Å²) >= 11 is 1.68. The van der Waals surface area contributed by atoms with Crippen molar-refractivity contribution in [2.24, 2.45) is 4.99 Å². The summed E-state index contributed by atoms with van der Waals surface area (Å²) in [5, 5.41) is 1.00. The Morgan fingerprint density at radius 3 is 1.79 bits per heavy atom. The summed E-state index contributed by atoms with van der Waals surface area (Å²) < 4.78 is 10.6. The largest absolute Gasteiger partial charge is 0.497 e. The number of nitrogens with zero attached hydrogens (tertiary/aromatic N) is 2. The van der Waals surface area contributed by atoms with Crippen LogP contribution in [-0.4, -0.2) is 30.5 Å². The van der Waals surface area contributed by atoms with E-state index in [4.69, 9.17) is 14.5 Å².